The lowest BCUT2D eigenvalue weighted by molar-refractivity contribution is 0.155. The molecule has 0 spiro atoms. The minimum Gasteiger partial charge on any atom is -0.203 e. The highest BCUT2D eigenvalue weighted by Crippen LogP contribution is 2.45. The Morgan fingerprint density at radius 2 is 1.34 bits per heavy atom. The van der Waals surface area contributed by atoms with Crippen LogP contribution in [0.25, 0.3) is 0 Å². The molecule has 2 heteroatoms. The van der Waals surface area contributed by atoms with Gasteiger partial charge in [-0.15, -0.1) is 0 Å². The maximum atomic E-state index is 14.8. The van der Waals surface area contributed by atoms with E-state index in [0.29, 0.717) is 17.5 Å². The van der Waals surface area contributed by atoms with Gasteiger partial charge in [-0.25, -0.2) is 8.78 Å². The van der Waals surface area contributed by atoms with E-state index in [1.165, 1.54) is 57.8 Å². The van der Waals surface area contributed by atoms with Gasteiger partial charge >= 0.3 is 0 Å². The molecule has 1 aromatic carbocycles. The third-order valence-corrected chi connectivity index (χ3v) is 7.98. The van der Waals surface area contributed by atoms with Crippen LogP contribution in [0.15, 0.2) is 12.1 Å². The van der Waals surface area contributed by atoms with Crippen LogP contribution < -0.4 is 0 Å². The molecule has 2 aliphatic rings. The van der Waals surface area contributed by atoms with E-state index < -0.39 is 11.6 Å². The molecule has 0 bridgehead atoms. The van der Waals surface area contributed by atoms with E-state index in [-0.39, 0.29) is 5.92 Å². The Bertz CT molecular complexity index is 607. The second kappa shape index (κ2) is 11.5. The van der Waals surface area contributed by atoms with Crippen LogP contribution >= 0.6 is 0 Å². The van der Waals surface area contributed by atoms with Crippen molar-refractivity contribution in [3.63, 3.8) is 0 Å². The van der Waals surface area contributed by atoms with Gasteiger partial charge in [-0.2, -0.15) is 0 Å². The maximum Gasteiger partial charge on any atom is 0.162 e. The van der Waals surface area contributed by atoms with Crippen molar-refractivity contribution >= 4 is 0 Å². The number of hydrogen-bond donors (Lipinski definition) is 0. The molecule has 2 aliphatic carbocycles. The zero-order chi connectivity index (χ0) is 20.6. The standard InChI is InChI=1S/C27H42F2/c1-3-5-7-9-24-18-19-25(27(29)26(24)28)23-16-14-22(15-17-23)21-12-10-20(11-13-21)8-6-4-2/h18-23H,3-17H2,1-2H3/t20-,21-,22-,23-. The summed E-state index contributed by atoms with van der Waals surface area (Å²) in [7, 11) is 0. The van der Waals surface area contributed by atoms with E-state index >= 15 is 0 Å². The van der Waals surface area contributed by atoms with Gasteiger partial charge in [0.1, 0.15) is 0 Å². The Kier molecular flexibility index (Phi) is 9.00. The molecule has 0 aliphatic heterocycles. The molecule has 2 fully saturated rings. The van der Waals surface area contributed by atoms with E-state index in [0.717, 1.165) is 49.9 Å². The zero-order valence-electron chi connectivity index (χ0n) is 18.8. The summed E-state index contributed by atoms with van der Waals surface area (Å²) in [6.07, 6.45) is 18.0. The van der Waals surface area contributed by atoms with E-state index in [1.54, 1.807) is 0 Å². The molecule has 0 heterocycles. The molecule has 0 nitrogen and oxygen atoms in total. The molecule has 0 N–H and O–H groups in total. The summed E-state index contributed by atoms with van der Waals surface area (Å²) in [5.74, 6) is 1.75. The maximum absolute atomic E-state index is 14.8. The van der Waals surface area contributed by atoms with Crippen LogP contribution in [0.1, 0.15) is 121 Å². The average Bonchev–Trinajstić information content (AvgIpc) is 2.76. The van der Waals surface area contributed by atoms with Gasteiger partial charge in [0.05, 0.1) is 0 Å². The topological polar surface area (TPSA) is 0 Å². The van der Waals surface area contributed by atoms with Crippen molar-refractivity contribution in [2.45, 2.75) is 116 Å². The number of rotatable bonds is 9. The first-order valence-electron chi connectivity index (χ1n) is 12.6. The Hall–Kier alpha value is -0.920. The summed E-state index contributed by atoms with van der Waals surface area (Å²) in [6, 6.07) is 3.75. The molecular formula is C27H42F2. The van der Waals surface area contributed by atoms with Gasteiger partial charge < -0.3 is 0 Å². The van der Waals surface area contributed by atoms with Crippen molar-refractivity contribution in [1.29, 1.82) is 0 Å². The first-order chi connectivity index (χ1) is 14.1. The second-order valence-corrected chi connectivity index (χ2v) is 9.93. The van der Waals surface area contributed by atoms with Gasteiger partial charge in [0.25, 0.3) is 0 Å². The SMILES string of the molecule is CCCCCc1ccc([C@H]2CC[C@H]([C@H]3CC[C@H](CCCC)CC3)CC2)c(F)c1F. The minimum absolute atomic E-state index is 0.214. The largest absolute Gasteiger partial charge is 0.203 e. The number of aryl methyl sites for hydroxylation is 1. The number of hydrogen-bond acceptors (Lipinski definition) is 0. The molecule has 0 radical (unpaired) electrons. The Balaban J connectivity index is 1.50. The average molecular weight is 405 g/mol. The number of unbranched alkanes of at least 4 members (excludes halogenated alkanes) is 3. The van der Waals surface area contributed by atoms with Gasteiger partial charge in [0.15, 0.2) is 11.6 Å². The summed E-state index contributed by atoms with van der Waals surface area (Å²) in [5.41, 5.74) is 1.21. The third-order valence-electron chi connectivity index (χ3n) is 7.98. The molecule has 0 unspecified atom stereocenters. The summed E-state index contributed by atoms with van der Waals surface area (Å²) in [5, 5.41) is 0. The van der Waals surface area contributed by atoms with E-state index in [2.05, 4.69) is 13.8 Å². The normalized spacial score (nSPS) is 27.9. The molecular weight excluding hydrogens is 362 g/mol. The van der Waals surface area contributed by atoms with Gasteiger partial charge in [-0.3, -0.25) is 0 Å². The van der Waals surface area contributed by atoms with Crippen molar-refractivity contribution in [3.8, 4) is 0 Å². The van der Waals surface area contributed by atoms with Crippen molar-refractivity contribution in [2.24, 2.45) is 17.8 Å². The Labute approximate surface area is 177 Å². The summed E-state index contributed by atoms with van der Waals surface area (Å²) >= 11 is 0. The van der Waals surface area contributed by atoms with Crippen LogP contribution in [0.2, 0.25) is 0 Å². The summed E-state index contributed by atoms with van der Waals surface area (Å²) in [6.45, 7) is 4.42. The Morgan fingerprint density at radius 1 is 0.724 bits per heavy atom. The molecule has 1 aromatic rings. The minimum atomic E-state index is -0.578. The predicted octanol–water partition coefficient (Wildman–Crippen LogP) is 8.97. The lowest BCUT2D eigenvalue weighted by Crippen LogP contribution is -2.25. The molecule has 29 heavy (non-hydrogen) atoms. The quantitative estimate of drug-likeness (QED) is 0.360. The van der Waals surface area contributed by atoms with Crippen LogP contribution in [-0.4, -0.2) is 0 Å². The zero-order valence-corrected chi connectivity index (χ0v) is 18.8. The third kappa shape index (κ3) is 6.05. The van der Waals surface area contributed by atoms with Crippen molar-refractivity contribution < 1.29 is 8.78 Å². The van der Waals surface area contributed by atoms with Crippen LogP contribution in [0.5, 0.6) is 0 Å². The molecule has 3 rings (SSSR count). The smallest absolute Gasteiger partial charge is 0.162 e. The number of benzene rings is 1. The van der Waals surface area contributed by atoms with Crippen molar-refractivity contribution in [3.05, 3.63) is 34.9 Å². The lowest BCUT2D eigenvalue weighted by atomic mass is 9.68. The molecule has 0 amide bonds. The Morgan fingerprint density at radius 3 is 1.97 bits per heavy atom. The fraction of sp³-hybridized carbons (Fsp3) is 0.778. The lowest BCUT2D eigenvalue weighted by Gasteiger charge is -2.38. The first-order valence-corrected chi connectivity index (χ1v) is 12.6. The van der Waals surface area contributed by atoms with Crippen LogP contribution in [0.3, 0.4) is 0 Å². The highest BCUT2D eigenvalue weighted by Gasteiger charge is 2.32. The van der Waals surface area contributed by atoms with Crippen molar-refractivity contribution in [1.82, 2.24) is 0 Å². The van der Waals surface area contributed by atoms with Gasteiger partial charge in [0.2, 0.25) is 0 Å². The fourth-order valence-electron chi connectivity index (χ4n) is 6.02. The van der Waals surface area contributed by atoms with Crippen LogP contribution in [-0.2, 0) is 6.42 Å². The van der Waals surface area contributed by atoms with Crippen LogP contribution in [0.4, 0.5) is 8.78 Å². The molecule has 0 atom stereocenters. The molecule has 2 saturated carbocycles. The van der Waals surface area contributed by atoms with Gasteiger partial charge in [0, 0.05) is 0 Å². The second-order valence-electron chi connectivity index (χ2n) is 9.93. The predicted molar refractivity (Wildman–Crippen MR) is 119 cm³/mol. The molecule has 164 valence electrons. The highest BCUT2D eigenvalue weighted by atomic mass is 19.2. The van der Waals surface area contributed by atoms with E-state index in [4.69, 9.17) is 0 Å². The number of halogens is 2. The summed E-state index contributed by atoms with van der Waals surface area (Å²) in [4.78, 5) is 0. The van der Waals surface area contributed by atoms with E-state index in [9.17, 15) is 8.78 Å². The van der Waals surface area contributed by atoms with Gasteiger partial charge in [-0.05, 0) is 86.2 Å². The van der Waals surface area contributed by atoms with E-state index in [1.807, 2.05) is 12.1 Å². The van der Waals surface area contributed by atoms with Crippen molar-refractivity contribution in [2.75, 3.05) is 0 Å². The summed E-state index contributed by atoms with van der Waals surface area (Å²) < 4.78 is 29.3. The molecule has 0 saturated heterocycles. The monoisotopic (exact) mass is 404 g/mol. The molecule has 0 aromatic heterocycles. The fourth-order valence-corrected chi connectivity index (χ4v) is 6.02. The first kappa shape index (κ1) is 22.8. The van der Waals surface area contributed by atoms with Crippen LogP contribution in [0, 0.1) is 29.4 Å². The highest BCUT2D eigenvalue weighted by molar-refractivity contribution is 5.29. The van der Waals surface area contributed by atoms with Gasteiger partial charge in [-0.1, -0.05) is 70.9 Å².